The van der Waals surface area contributed by atoms with Gasteiger partial charge in [-0.05, 0) is 50.2 Å². The van der Waals surface area contributed by atoms with Gasteiger partial charge in [-0.1, -0.05) is 121 Å². The van der Waals surface area contributed by atoms with Crippen LogP contribution in [0.15, 0.2) is 133 Å². The molecule has 0 atom stereocenters. The molecule has 0 amide bonds. The van der Waals surface area contributed by atoms with Crippen molar-refractivity contribution in [2.24, 2.45) is 0 Å². The molecule has 0 fully saturated rings. The molecular formula is C42H22F4N2. The molecule has 1 heterocycles. The average Bonchev–Trinajstić information content (AvgIpc) is 3.14. The number of para-hydroxylation sites is 1. The number of fused-ring (bicyclic) bond motifs is 5. The van der Waals surface area contributed by atoms with E-state index in [4.69, 9.17) is 6.57 Å². The Morgan fingerprint density at radius 3 is 1.60 bits per heavy atom. The number of pyridine rings is 1. The van der Waals surface area contributed by atoms with E-state index in [1.807, 2.05) is 60.7 Å². The Morgan fingerprint density at radius 1 is 0.479 bits per heavy atom. The molecule has 0 aliphatic carbocycles. The minimum absolute atomic E-state index is 0.167. The van der Waals surface area contributed by atoms with Crippen molar-refractivity contribution in [1.82, 2.24) is 4.98 Å². The maximum Gasteiger partial charge on any atom is 0.187 e. The molecule has 2 nitrogen and oxygen atoms in total. The summed E-state index contributed by atoms with van der Waals surface area (Å²) in [5.41, 5.74) is 6.20. The van der Waals surface area contributed by atoms with Crippen LogP contribution in [0.25, 0.3) is 81.9 Å². The summed E-state index contributed by atoms with van der Waals surface area (Å²) >= 11 is 0. The summed E-state index contributed by atoms with van der Waals surface area (Å²) in [5.74, 6) is -5.95. The molecule has 0 unspecified atom stereocenters. The topological polar surface area (TPSA) is 17.2 Å². The van der Waals surface area contributed by atoms with Gasteiger partial charge in [0, 0.05) is 22.2 Å². The first kappa shape index (κ1) is 29.1. The molecule has 0 aliphatic heterocycles. The Kier molecular flexibility index (Phi) is 6.96. The SMILES string of the molecule is [C-]#[N+]c1ccc(-c2ccc(-c3ccc(-c4cccc5c4ccc4c(-c6c(F)c(F)cc(F)c6F)nc6ccccc6c45)cc3)cc2)cc1. The molecule has 1 aromatic heterocycles. The highest BCUT2D eigenvalue weighted by Gasteiger charge is 2.25. The Hall–Kier alpha value is -6.32. The highest BCUT2D eigenvalue weighted by Crippen LogP contribution is 2.42. The molecular weight excluding hydrogens is 608 g/mol. The maximum atomic E-state index is 15.1. The van der Waals surface area contributed by atoms with E-state index in [1.54, 1.807) is 18.2 Å². The lowest BCUT2D eigenvalue weighted by molar-refractivity contribution is 0.458. The largest absolute Gasteiger partial charge is 0.247 e. The molecule has 8 rings (SSSR count). The third kappa shape index (κ3) is 4.76. The summed E-state index contributed by atoms with van der Waals surface area (Å²) in [5, 5.41) is 3.52. The highest BCUT2D eigenvalue weighted by atomic mass is 19.2. The molecule has 0 saturated carbocycles. The van der Waals surface area contributed by atoms with Crippen molar-refractivity contribution in [3.8, 4) is 44.6 Å². The molecule has 0 aliphatic rings. The van der Waals surface area contributed by atoms with Crippen molar-refractivity contribution in [3.05, 3.63) is 168 Å². The minimum Gasteiger partial charge on any atom is -0.247 e. The summed E-state index contributed by atoms with van der Waals surface area (Å²) in [4.78, 5) is 7.96. The van der Waals surface area contributed by atoms with Crippen LogP contribution in [0.3, 0.4) is 0 Å². The molecule has 6 heteroatoms. The Balaban J connectivity index is 1.23. The minimum atomic E-state index is -1.49. The lowest BCUT2D eigenvalue weighted by atomic mass is 9.91. The van der Waals surface area contributed by atoms with Crippen LogP contribution < -0.4 is 0 Å². The van der Waals surface area contributed by atoms with Gasteiger partial charge in [-0.25, -0.2) is 27.4 Å². The van der Waals surface area contributed by atoms with Gasteiger partial charge in [0.05, 0.1) is 23.3 Å². The number of benzene rings is 7. The van der Waals surface area contributed by atoms with Gasteiger partial charge in [-0.3, -0.25) is 0 Å². The molecule has 7 aromatic carbocycles. The van der Waals surface area contributed by atoms with Crippen molar-refractivity contribution < 1.29 is 17.6 Å². The van der Waals surface area contributed by atoms with E-state index in [0.29, 0.717) is 22.0 Å². The average molecular weight is 631 g/mol. The summed E-state index contributed by atoms with van der Waals surface area (Å²) in [6.45, 7) is 7.15. The summed E-state index contributed by atoms with van der Waals surface area (Å²) in [6.07, 6.45) is 0. The smallest absolute Gasteiger partial charge is 0.187 e. The highest BCUT2D eigenvalue weighted by molar-refractivity contribution is 6.24. The first-order valence-corrected chi connectivity index (χ1v) is 15.2. The Morgan fingerprint density at radius 2 is 1.00 bits per heavy atom. The first-order chi connectivity index (χ1) is 23.4. The zero-order valence-corrected chi connectivity index (χ0v) is 25.1. The molecule has 48 heavy (non-hydrogen) atoms. The van der Waals surface area contributed by atoms with E-state index in [2.05, 4.69) is 58.4 Å². The standard InChI is InChI=1S/C42H22F4N2/c1-47-29-19-17-27(18-20-29)25-11-9-24(10-12-25)26-13-15-28(16-14-26)30-6-4-7-32-31(30)21-22-34-38(32)33-5-2-3-8-37(33)48-42(34)39-40(45)35(43)23-36(44)41(39)46/h2-23H. The second-order valence-corrected chi connectivity index (χ2v) is 11.5. The monoisotopic (exact) mass is 630 g/mol. The lowest BCUT2D eigenvalue weighted by Crippen LogP contribution is -2.01. The molecule has 0 saturated heterocycles. The van der Waals surface area contributed by atoms with Gasteiger partial charge in [-0.15, -0.1) is 0 Å². The van der Waals surface area contributed by atoms with Crippen LogP contribution in [0.4, 0.5) is 23.2 Å². The van der Waals surface area contributed by atoms with Gasteiger partial charge in [0.2, 0.25) is 0 Å². The zero-order valence-electron chi connectivity index (χ0n) is 25.1. The zero-order chi connectivity index (χ0) is 32.9. The van der Waals surface area contributed by atoms with E-state index in [1.165, 1.54) is 0 Å². The summed E-state index contributed by atoms with van der Waals surface area (Å²) < 4.78 is 58.9. The van der Waals surface area contributed by atoms with Gasteiger partial charge in [0.25, 0.3) is 0 Å². The Labute approximate surface area is 273 Å². The van der Waals surface area contributed by atoms with Crippen LogP contribution in [0.2, 0.25) is 0 Å². The normalized spacial score (nSPS) is 11.3. The van der Waals surface area contributed by atoms with E-state index in [-0.39, 0.29) is 11.8 Å². The molecule has 0 spiro atoms. The summed E-state index contributed by atoms with van der Waals surface area (Å²) in [7, 11) is 0. The van der Waals surface area contributed by atoms with E-state index in [9.17, 15) is 8.78 Å². The van der Waals surface area contributed by atoms with Gasteiger partial charge >= 0.3 is 0 Å². The summed E-state index contributed by atoms with van der Waals surface area (Å²) in [6, 6.07) is 40.9. The molecule has 0 bridgehead atoms. The fourth-order valence-corrected chi connectivity index (χ4v) is 6.46. The molecule has 228 valence electrons. The van der Waals surface area contributed by atoms with Crippen LogP contribution in [0.5, 0.6) is 0 Å². The second kappa shape index (κ2) is 11.5. The van der Waals surface area contributed by atoms with E-state index >= 15 is 8.78 Å². The van der Waals surface area contributed by atoms with Crippen LogP contribution >= 0.6 is 0 Å². The number of hydrogen-bond donors (Lipinski definition) is 0. The van der Waals surface area contributed by atoms with Crippen LogP contribution in [0, 0.1) is 29.8 Å². The van der Waals surface area contributed by atoms with Crippen LogP contribution in [-0.4, -0.2) is 4.98 Å². The quantitative estimate of drug-likeness (QED) is 0.0819. The van der Waals surface area contributed by atoms with Crippen LogP contribution in [-0.2, 0) is 0 Å². The Bertz CT molecular complexity index is 2560. The van der Waals surface area contributed by atoms with Gasteiger partial charge in [-0.2, -0.15) is 0 Å². The fourth-order valence-electron chi connectivity index (χ4n) is 6.46. The number of halogens is 4. The van der Waals surface area contributed by atoms with Gasteiger partial charge in [0.1, 0.15) is 0 Å². The fraction of sp³-hybridized carbons (Fsp3) is 0. The van der Waals surface area contributed by atoms with Crippen molar-refractivity contribution in [2.75, 3.05) is 0 Å². The predicted molar refractivity (Wildman–Crippen MR) is 185 cm³/mol. The third-order valence-corrected chi connectivity index (χ3v) is 8.81. The van der Waals surface area contributed by atoms with E-state index in [0.717, 1.165) is 49.5 Å². The van der Waals surface area contributed by atoms with Crippen molar-refractivity contribution in [1.29, 1.82) is 0 Å². The van der Waals surface area contributed by atoms with Crippen molar-refractivity contribution in [3.63, 3.8) is 0 Å². The van der Waals surface area contributed by atoms with Crippen molar-refractivity contribution in [2.45, 2.75) is 0 Å². The lowest BCUT2D eigenvalue weighted by Gasteiger charge is -2.16. The van der Waals surface area contributed by atoms with Gasteiger partial charge in [0.15, 0.2) is 29.0 Å². The van der Waals surface area contributed by atoms with E-state index < -0.39 is 28.8 Å². The molecule has 0 N–H and O–H groups in total. The van der Waals surface area contributed by atoms with Crippen molar-refractivity contribution >= 4 is 38.1 Å². The molecule has 0 radical (unpaired) electrons. The van der Waals surface area contributed by atoms with Gasteiger partial charge < -0.3 is 0 Å². The number of hydrogen-bond acceptors (Lipinski definition) is 1. The first-order valence-electron chi connectivity index (χ1n) is 15.2. The second-order valence-electron chi connectivity index (χ2n) is 11.5. The number of rotatable bonds is 4. The maximum absolute atomic E-state index is 15.1. The molecule has 8 aromatic rings. The predicted octanol–water partition coefficient (Wildman–Crippen LogP) is 12.3. The number of nitrogens with zero attached hydrogens (tertiary/aromatic N) is 2. The third-order valence-electron chi connectivity index (χ3n) is 8.81. The number of aromatic nitrogens is 1. The van der Waals surface area contributed by atoms with Crippen LogP contribution in [0.1, 0.15) is 0 Å².